The fourth-order valence-electron chi connectivity index (χ4n) is 2.34. The van der Waals surface area contributed by atoms with Crippen LogP contribution in [0.1, 0.15) is 47.3 Å². The van der Waals surface area contributed by atoms with Gasteiger partial charge in [-0.15, -0.1) is 11.8 Å². The lowest BCUT2D eigenvalue weighted by Gasteiger charge is -2.08. The molecule has 0 bridgehead atoms. The standard InChI is InChI=1S/C20H24OS/c1-14(2)11-20(21)17-7-9-19(10-8-17)22-13-18-12-15(3)5-6-16(18)4/h5-10,12,14H,11,13H2,1-4H3. The molecular formula is C20H24OS. The Kier molecular flexibility index (Phi) is 5.84. The molecule has 116 valence electrons. The van der Waals surface area contributed by atoms with Gasteiger partial charge in [0.1, 0.15) is 0 Å². The second-order valence-corrected chi connectivity index (χ2v) is 7.31. The fourth-order valence-corrected chi connectivity index (χ4v) is 3.30. The third-order valence-electron chi connectivity index (χ3n) is 3.67. The molecule has 2 aromatic carbocycles. The van der Waals surface area contributed by atoms with Crippen LogP contribution in [0.15, 0.2) is 47.4 Å². The second kappa shape index (κ2) is 7.64. The number of benzene rings is 2. The Morgan fingerprint density at radius 2 is 1.73 bits per heavy atom. The number of Topliss-reactive ketones (excluding diaryl/α,β-unsaturated/α-hetero) is 1. The normalized spacial score (nSPS) is 11.0. The number of hydrogen-bond acceptors (Lipinski definition) is 2. The van der Waals surface area contributed by atoms with E-state index in [1.54, 1.807) is 0 Å². The van der Waals surface area contributed by atoms with E-state index in [1.165, 1.54) is 21.6 Å². The topological polar surface area (TPSA) is 17.1 Å². The summed E-state index contributed by atoms with van der Waals surface area (Å²) >= 11 is 1.82. The van der Waals surface area contributed by atoms with Crippen molar-refractivity contribution < 1.29 is 4.79 Å². The van der Waals surface area contributed by atoms with E-state index in [1.807, 2.05) is 23.9 Å². The molecule has 0 heterocycles. The van der Waals surface area contributed by atoms with Gasteiger partial charge in [-0.3, -0.25) is 4.79 Å². The fraction of sp³-hybridized carbons (Fsp3) is 0.350. The summed E-state index contributed by atoms with van der Waals surface area (Å²) in [7, 11) is 0. The van der Waals surface area contributed by atoms with Crippen LogP contribution in [0.4, 0.5) is 0 Å². The molecule has 0 unspecified atom stereocenters. The zero-order chi connectivity index (χ0) is 16.1. The van der Waals surface area contributed by atoms with Crippen molar-refractivity contribution in [3.8, 4) is 0 Å². The first-order valence-electron chi connectivity index (χ1n) is 7.78. The maximum Gasteiger partial charge on any atom is 0.163 e. The van der Waals surface area contributed by atoms with Gasteiger partial charge in [-0.25, -0.2) is 0 Å². The summed E-state index contributed by atoms with van der Waals surface area (Å²) in [5.74, 6) is 1.61. The Labute approximate surface area is 138 Å². The molecule has 0 saturated carbocycles. The van der Waals surface area contributed by atoms with Crippen LogP contribution in [-0.2, 0) is 5.75 Å². The second-order valence-electron chi connectivity index (χ2n) is 6.26. The molecule has 0 aliphatic carbocycles. The predicted octanol–water partition coefficient (Wildman–Crippen LogP) is 5.82. The van der Waals surface area contributed by atoms with Crippen molar-refractivity contribution in [1.82, 2.24) is 0 Å². The first-order chi connectivity index (χ1) is 10.5. The van der Waals surface area contributed by atoms with Gasteiger partial charge in [-0.2, -0.15) is 0 Å². The summed E-state index contributed by atoms with van der Waals surface area (Å²) in [6, 6.07) is 14.6. The van der Waals surface area contributed by atoms with Crippen molar-refractivity contribution >= 4 is 17.5 Å². The summed E-state index contributed by atoms with van der Waals surface area (Å²) < 4.78 is 0. The highest BCUT2D eigenvalue weighted by atomic mass is 32.2. The molecule has 0 amide bonds. The zero-order valence-electron chi connectivity index (χ0n) is 13.8. The maximum absolute atomic E-state index is 12.0. The van der Waals surface area contributed by atoms with E-state index in [0.717, 1.165) is 11.3 Å². The Hall–Kier alpha value is -1.54. The van der Waals surface area contributed by atoms with Gasteiger partial charge in [-0.05, 0) is 43.0 Å². The highest BCUT2D eigenvalue weighted by molar-refractivity contribution is 7.98. The average molecular weight is 312 g/mol. The van der Waals surface area contributed by atoms with Crippen LogP contribution in [0.2, 0.25) is 0 Å². The van der Waals surface area contributed by atoms with Gasteiger partial charge in [0.15, 0.2) is 5.78 Å². The first kappa shape index (κ1) is 16.8. The Bertz CT molecular complexity index is 641. The number of hydrogen-bond donors (Lipinski definition) is 0. The molecular weight excluding hydrogens is 288 g/mol. The number of aryl methyl sites for hydroxylation is 2. The molecule has 2 rings (SSSR count). The van der Waals surface area contributed by atoms with Crippen molar-refractivity contribution in [1.29, 1.82) is 0 Å². The van der Waals surface area contributed by atoms with E-state index < -0.39 is 0 Å². The van der Waals surface area contributed by atoms with Crippen molar-refractivity contribution in [2.75, 3.05) is 0 Å². The number of ketones is 1. The highest BCUT2D eigenvalue weighted by Gasteiger charge is 2.08. The van der Waals surface area contributed by atoms with Crippen molar-refractivity contribution in [2.45, 2.75) is 44.8 Å². The first-order valence-corrected chi connectivity index (χ1v) is 8.76. The van der Waals surface area contributed by atoms with E-state index in [4.69, 9.17) is 0 Å². The summed E-state index contributed by atoms with van der Waals surface area (Å²) in [6.07, 6.45) is 0.620. The smallest absolute Gasteiger partial charge is 0.163 e. The van der Waals surface area contributed by atoms with Gasteiger partial charge in [0.25, 0.3) is 0 Å². The van der Waals surface area contributed by atoms with E-state index in [-0.39, 0.29) is 5.78 Å². The van der Waals surface area contributed by atoms with Gasteiger partial charge in [0.2, 0.25) is 0 Å². The van der Waals surface area contributed by atoms with Crippen molar-refractivity contribution in [3.63, 3.8) is 0 Å². The van der Waals surface area contributed by atoms with Gasteiger partial charge in [0.05, 0.1) is 0 Å². The average Bonchev–Trinajstić information content (AvgIpc) is 2.48. The molecule has 0 radical (unpaired) electrons. The van der Waals surface area contributed by atoms with Gasteiger partial charge >= 0.3 is 0 Å². The molecule has 0 aliphatic heterocycles. The van der Waals surface area contributed by atoms with Crippen LogP contribution in [0, 0.1) is 19.8 Å². The molecule has 0 spiro atoms. The van der Waals surface area contributed by atoms with Gasteiger partial charge in [-0.1, -0.05) is 49.7 Å². The molecule has 0 N–H and O–H groups in total. The number of rotatable bonds is 6. The van der Waals surface area contributed by atoms with E-state index in [2.05, 4.69) is 58.0 Å². The minimum atomic E-state index is 0.237. The summed E-state index contributed by atoms with van der Waals surface area (Å²) in [5.41, 5.74) is 4.84. The molecule has 0 aliphatic rings. The predicted molar refractivity (Wildman–Crippen MR) is 95.7 cm³/mol. The number of thioether (sulfide) groups is 1. The molecule has 2 heteroatoms. The van der Waals surface area contributed by atoms with Crippen LogP contribution >= 0.6 is 11.8 Å². The van der Waals surface area contributed by atoms with E-state index in [9.17, 15) is 4.79 Å². The highest BCUT2D eigenvalue weighted by Crippen LogP contribution is 2.25. The van der Waals surface area contributed by atoms with Crippen LogP contribution in [0.25, 0.3) is 0 Å². The van der Waals surface area contributed by atoms with Crippen molar-refractivity contribution in [2.24, 2.45) is 5.92 Å². The molecule has 0 atom stereocenters. The summed E-state index contributed by atoms with van der Waals surface area (Å²) in [4.78, 5) is 13.2. The SMILES string of the molecule is Cc1ccc(C)c(CSc2ccc(C(=O)CC(C)C)cc2)c1. The number of carbonyl (C=O) groups excluding carboxylic acids is 1. The van der Waals surface area contributed by atoms with E-state index >= 15 is 0 Å². The lowest BCUT2D eigenvalue weighted by Crippen LogP contribution is -2.03. The summed E-state index contributed by atoms with van der Waals surface area (Å²) in [6.45, 7) is 8.43. The Morgan fingerprint density at radius 1 is 1.05 bits per heavy atom. The van der Waals surface area contributed by atoms with Crippen molar-refractivity contribution in [3.05, 3.63) is 64.7 Å². The third kappa shape index (κ3) is 4.74. The van der Waals surface area contributed by atoms with Gasteiger partial charge < -0.3 is 0 Å². The van der Waals surface area contributed by atoms with E-state index in [0.29, 0.717) is 12.3 Å². The maximum atomic E-state index is 12.0. The summed E-state index contributed by atoms with van der Waals surface area (Å²) in [5, 5.41) is 0. The molecule has 0 fully saturated rings. The minimum absolute atomic E-state index is 0.237. The molecule has 0 aromatic heterocycles. The number of carbonyl (C=O) groups is 1. The van der Waals surface area contributed by atoms with Crippen LogP contribution in [-0.4, -0.2) is 5.78 Å². The zero-order valence-corrected chi connectivity index (χ0v) is 14.7. The van der Waals surface area contributed by atoms with Gasteiger partial charge in [0, 0.05) is 22.6 Å². The van der Waals surface area contributed by atoms with Crippen LogP contribution < -0.4 is 0 Å². The Morgan fingerprint density at radius 3 is 2.36 bits per heavy atom. The quantitative estimate of drug-likeness (QED) is 0.493. The van der Waals surface area contributed by atoms with Crippen LogP contribution in [0.5, 0.6) is 0 Å². The monoisotopic (exact) mass is 312 g/mol. The molecule has 22 heavy (non-hydrogen) atoms. The van der Waals surface area contributed by atoms with Crippen LogP contribution in [0.3, 0.4) is 0 Å². The largest absolute Gasteiger partial charge is 0.294 e. The minimum Gasteiger partial charge on any atom is -0.294 e. The molecule has 1 nitrogen and oxygen atoms in total. The molecule has 0 saturated heterocycles. The third-order valence-corrected chi connectivity index (χ3v) is 4.73. The lowest BCUT2D eigenvalue weighted by atomic mass is 10.0. The lowest BCUT2D eigenvalue weighted by molar-refractivity contribution is 0.0968. The molecule has 2 aromatic rings. The Balaban J connectivity index is 1.99.